The number of nitrogens with one attached hydrogen (secondary N) is 1. The Bertz CT molecular complexity index is 1530. The molecule has 0 radical (unpaired) electrons. The predicted molar refractivity (Wildman–Crippen MR) is 161 cm³/mol. The molecule has 0 aliphatic rings. The molecule has 1 heterocycles. The molecule has 8 N–H and O–H groups in total. The maximum absolute atomic E-state index is 12.9. The second-order valence-corrected chi connectivity index (χ2v) is 9.05. The molecule has 1 aromatic heterocycles. The fraction of sp³-hybridized carbons (Fsp3) is 0.267. The van der Waals surface area contributed by atoms with Gasteiger partial charge < -0.3 is 26.8 Å². The number of carbonyl (C=O) groups is 1. The lowest BCUT2D eigenvalue weighted by Crippen LogP contribution is -2.14. The van der Waals surface area contributed by atoms with E-state index < -0.39 is 5.97 Å². The van der Waals surface area contributed by atoms with Gasteiger partial charge in [-0.25, -0.2) is 9.48 Å². The van der Waals surface area contributed by atoms with Gasteiger partial charge in [0.15, 0.2) is 11.4 Å². The van der Waals surface area contributed by atoms with Crippen molar-refractivity contribution < 1.29 is 20.1 Å². The number of carboxylic acid groups (broad SMARTS) is 1. The number of hydrogen-bond acceptors (Lipinski definition) is 8. The molecule has 0 fully saturated rings. The molecule has 0 atom stereocenters. The number of benzene rings is 3. The monoisotopic (exact) mass is 562 g/mol. The van der Waals surface area contributed by atoms with Gasteiger partial charge in [0.25, 0.3) is 5.56 Å². The van der Waals surface area contributed by atoms with Crippen LogP contribution < -0.4 is 17.0 Å². The molecule has 0 bridgehead atoms. The number of aromatic carboxylic acids is 1. The van der Waals surface area contributed by atoms with Crippen molar-refractivity contribution in [3.63, 3.8) is 0 Å². The number of aromatic hydroxyl groups is 1. The Kier molecular flexibility index (Phi) is 12.6. The van der Waals surface area contributed by atoms with Gasteiger partial charge in [0.1, 0.15) is 5.69 Å². The van der Waals surface area contributed by atoms with Crippen LogP contribution in [0.1, 0.15) is 40.5 Å². The molecule has 0 unspecified atom stereocenters. The lowest BCUT2D eigenvalue weighted by molar-refractivity contribution is 0.0697. The van der Waals surface area contributed by atoms with Crippen molar-refractivity contribution in [3.05, 3.63) is 93.4 Å². The van der Waals surface area contributed by atoms with E-state index in [1.165, 1.54) is 16.8 Å². The van der Waals surface area contributed by atoms with Crippen LogP contribution in [0.4, 0.5) is 11.4 Å². The molecule has 3 aromatic carbocycles. The van der Waals surface area contributed by atoms with E-state index in [4.69, 9.17) is 16.6 Å². The van der Waals surface area contributed by atoms with E-state index >= 15 is 0 Å². The fourth-order valence-corrected chi connectivity index (χ4v) is 3.47. The number of carboxylic acids is 1. The van der Waals surface area contributed by atoms with Crippen molar-refractivity contribution in [1.82, 2.24) is 9.78 Å². The van der Waals surface area contributed by atoms with Crippen LogP contribution in [0, 0.1) is 20.8 Å². The number of aliphatic hydroxyl groups excluding tert-OH is 1. The van der Waals surface area contributed by atoms with Gasteiger partial charge in [0.05, 0.1) is 23.6 Å². The van der Waals surface area contributed by atoms with Gasteiger partial charge in [-0.3, -0.25) is 9.89 Å². The summed E-state index contributed by atoms with van der Waals surface area (Å²) in [6.07, 6.45) is 1.10. The van der Waals surface area contributed by atoms with E-state index in [1.807, 2.05) is 32.0 Å². The Labute approximate surface area is 238 Å². The Balaban J connectivity index is 0.000000653. The van der Waals surface area contributed by atoms with Crippen LogP contribution in [0.15, 0.2) is 75.7 Å². The van der Waals surface area contributed by atoms with Gasteiger partial charge in [-0.2, -0.15) is 0 Å². The zero-order chi connectivity index (χ0) is 30.5. The molecule has 0 aliphatic heterocycles. The van der Waals surface area contributed by atoms with Crippen molar-refractivity contribution in [2.75, 3.05) is 19.7 Å². The highest BCUT2D eigenvalue weighted by Crippen LogP contribution is 2.38. The SMILES string of the molecule is CCCN.Cc1ccc(-n2[nH]c(C)c(N=Nc3cccc(-c4cccc(C(=O)O)c4)c3O)c2=O)cc1C.NCCO. The van der Waals surface area contributed by atoms with Gasteiger partial charge in [-0.1, -0.05) is 37.3 Å². The number of para-hydroxylation sites is 1. The van der Waals surface area contributed by atoms with E-state index in [-0.39, 0.29) is 34.9 Å². The third-order valence-electron chi connectivity index (χ3n) is 5.90. The number of aryl methyl sites for hydroxylation is 3. The van der Waals surface area contributed by atoms with E-state index in [9.17, 15) is 19.8 Å². The molecule has 41 heavy (non-hydrogen) atoms. The molecule has 0 saturated carbocycles. The zero-order valence-corrected chi connectivity index (χ0v) is 23.8. The van der Waals surface area contributed by atoms with Crippen LogP contribution >= 0.6 is 0 Å². The fourth-order valence-electron chi connectivity index (χ4n) is 3.47. The summed E-state index contributed by atoms with van der Waals surface area (Å²) in [6, 6.07) is 16.8. The molecule has 0 amide bonds. The first-order chi connectivity index (χ1) is 19.6. The minimum atomic E-state index is -1.06. The Morgan fingerprint density at radius 2 is 1.61 bits per heavy atom. The molecule has 218 valence electrons. The standard InChI is InChI=1S/C25H22N4O4.C3H9N.C2H7NO/c1-14-10-11-19(12-15(14)2)29-24(31)22(16(3)28-29)27-26-21-9-5-8-20(23(21)30)17-6-4-7-18(13-17)25(32)33;1-2-3-4;3-1-2-4/h4-13,28,30H,1-3H3,(H,32,33);2-4H2,1H3;4H,1-3H2. The summed E-state index contributed by atoms with van der Waals surface area (Å²) < 4.78 is 1.41. The first-order valence-electron chi connectivity index (χ1n) is 13.1. The third kappa shape index (κ3) is 8.70. The number of aliphatic hydroxyl groups is 1. The molecule has 0 spiro atoms. The summed E-state index contributed by atoms with van der Waals surface area (Å²) in [5.41, 5.74) is 14.2. The average Bonchev–Trinajstić information content (AvgIpc) is 3.26. The zero-order valence-electron chi connectivity index (χ0n) is 23.8. The van der Waals surface area contributed by atoms with Crippen LogP contribution in [-0.4, -0.2) is 50.8 Å². The number of H-pyrrole nitrogens is 1. The second kappa shape index (κ2) is 15.9. The highest BCUT2D eigenvalue weighted by molar-refractivity contribution is 5.90. The lowest BCUT2D eigenvalue weighted by atomic mass is 10.0. The van der Waals surface area contributed by atoms with Crippen LogP contribution in [0.5, 0.6) is 5.75 Å². The van der Waals surface area contributed by atoms with Crippen LogP contribution in [0.3, 0.4) is 0 Å². The lowest BCUT2D eigenvalue weighted by Gasteiger charge is -2.07. The van der Waals surface area contributed by atoms with Crippen molar-refractivity contribution in [2.45, 2.75) is 34.1 Å². The maximum Gasteiger partial charge on any atom is 0.335 e. The number of aromatic amines is 1. The summed E-state index contributed by atoms with van der Waals surface area (Å²) in [4.78, 5) is 24.2. The highest BCUT2D eigenvalue weighted by atomic mass is 16.4. The number of azo groups is 1. The first kappa shape index (κ1) is 32.6. The minimum Gasteiger partial charge on any atom is -0.505 e. The number of hydrogen-bond donors (Lipinski definition) is 6. The quantitative estimate of drug-likeness (QED) is 0.173. The van der Waals surface area contributed by atoms with Gasteiger partial charge in [0.2, 0.25) is 0 Å². The summed E-state index contributed by atoms with van der Waals surface area (Å²) in [5.74, 6) is -1.22. The van der Waals surface area contributed by atoms with Crippen LogP contribution in [0.25, 0.3) is 16.8 Å². The van der Waals surface area contributed by atoms with Crippen LogP contribution in [0.2, 0.25) is 0 Å². The van der Waals surface area contributed by atoms with Gasteiger partial charge >= 0.3 is 5.97 Å². The van der Waals surface area contributed by atoms with Crippen molar-refractivity contribution >= 4 is 17.3 Å². The largest absolute Gasteiger partial charge is 0.505 e. The van der Waals surface area contributed by atoms with Crippen molar-refractivity contribution in [3.8, 4) is 22.6 Å². The average molecular weight is 563 g/mol. The van der Waals surface area contributed by atoms with Crippen molar-refractivity contribution in [2.24, 2.45) is 21.7 Å². The predicted octanol–water partition coefficient (Wildman–Crippen LogP) is 4.87. The molecular formula is C30H38N6O5. The molecule has 0 aliphatic carbocycles. The molecule has 0 saturated heterocycles. The molecular weight excluding hydrogens is 524 g/mol. The first-order valence-corrected chi connectivity index (χ1v) is 13.1. The number of nitrogens with zero attached hydrogens (tertiary/aromatic N) is 3. The van der Waals surface area contributed by atoms with Gasteiger partial charge in [-0.05, 0) is 80.8 Å². The topological polar surface area (TPSA) is 192 Å². The van der Waals surface area contributed by atoms with E-state index in [0.29, 0.717) is 29.1 Å². The highest BCUT2D eigenvalue weighted by Gasteiger charge is 2.14. The number of rotatable bonds is 7. The number of phenols is 1. The van der Waals surface area contributed by atoms with Gasteiger partial charge in [0, 0.05) is 12.1 Å². The number of aromatic nitrogens is 2. The smallest absolute Gasteiger partial charge is 0.335 e. The van der Waals surface area contributed by atoms with E-state index in [2.05, 4.69) is 22.3 Å². The van der Waals surface area contributed by atoms with Crippen molar-refractivity contribution in [1.29, 1.82) is 0 Å². The van der Waals surface area contributed by atoms with Crippen LogP contribution in [-0.2, 0) is 0 Å². The Hall–Kier alpha value is -4.58. The molecule has 11 heteroatoms. The van der Waals surface area contributed by atoms with E-state index in [1.54, 1.807) is 37.3 Å². The van der Waals surface area contributed by atoms with Gasteiger partial charge in [-0.15, -0.1) is 10.2 Å². The normalized spacial score (nSPS) is 10.5. The molecule has 4 aromatic rings. The summed E-state index contributed by atoms with van der Waals surface area (Å²) in [5, 5.41) is 38.9. The minimum absolute atomic E-state index is 0.0972. The Morgan fingerprint density at radius 3 is 2.20 bits per heavy atom. The second-order valence-electron chi connectivity index (χ2n) is 9.05. The maximum atomic E-state index is 12.9. The molecule has 4 rings (SSSR count). The number of nitrogens with two attached hydrogens (primary N) is 2. The van der Waals surface area contributed by atoms with E-state index in [0.717, 1.165) is 24.1 Å². The molecule has 11 nitrogen and oxygen atoms in total. The number of phenolic OH excluding ortho intramolecular Hbond substituents is 1. The summed E-state index contributed by atoms with van der Waals surface area (Å²) in [6.45, 7) is 9.04. The summed E-state index contributed by atoms with van der Waals surface area (Å²) >= 11 is 0. The summed E-state index contributed by atoms with van der Waals surface area (Å²) in [7, 11) is 0. The third-order valence-corrected chi connectivity index (χ3v) is 5.90. The Morgan fingerprint density at radius 1 is 0.951 bits per heavy atom.